The van der Waals surface area contributed by atoms with Gasteiger partial charge in [-0.25, -0.2) is 4.79 Å². The molecule has 0 fully saturated rings. The SMILES string of the molecule is COC(=O)c1cccc(-n2cccc2)c1O. The molecular weight excluding hydrogens is 206 g/mol. The first-order valence-corrected chi connectivity index (χ1v) is 4.77. The van der Waals surface area contributed by atoms with Crippen molar-refractivity contribution in [2.75, 3.05) is 7.11 Å². The molecule has 16 heavy (non-hydrogen) atoms. The van der Waals surface area contributed by atoms with E-state index in [-0.39, 0.29) is 11.3 Å². The average Bonchev–Trinajstić information content (AvgIpc) is 2.82. The molecule has 1 N–H and O–H groups in total. The molecule has 4 heteroatoms. The minimum absolute atomic E-state index is 0.0782. The van der Waals surface area contributed by atoms with Crippen LogP contribution in [0.15, 0.2) is 42.7 Å². The first-order valence-electron chi connectivity index (χ1n) is 4.77. The fourth-order valence-corrected chi connectivity index (χ4v) is 1.51. The van der Waals surface area contributed by atoms with Crippen LogP contribution in [0.1, 0.15) is 10.4 Å². The predicted octanol–water partition coefficient (Wildman–Crippen LogP) is 1.97. The highest BCUT2D eigenvalue weighted by atomic mass is 16.5. The Hall–Kier alpha value is -2.23. The first-order chi connectivity index (χ1) is 7.74. The van der Waals surface area contributed by atoms with E-state index in [1.54, 1.807) is 29.1 Å². The number of nitrogens with zero attached hydrogens (tertiary/aromatic N) is 1. The van der Waals surface area contributed by atoms with Crippen LogP contribution in [0.4, 0.5) is 0 Å². The number of aromatic nitrogens is 1. The quantitative estimate of drug-likeness (QED) is 0.782. The maximum atomic E-state index is 11.4. The molecule has 1 heterocycles. The second kappa shape index (κ2) is 4.10. The number of phenols is 1. The van der Waals surface area contributed by atoms with E-state index in [0.717, 1.165) is 0 Å². The Labute approximate surface area is 92.7 Å². The molecule has 0 aliphatic heterocycles. The summed E-state index contributed by atoms with van der Waals surface area (Å²) >= 11 is 0. The lowest BCUT2D eigenvalue weighted by Gasteiger charge is -2.08. The molecule has 0 amide bonds. The van der Waals surface area contributed by atoms with Crippen molar-refractivity contribution in [3.05, 3.63) is 48.3 Å². The summed E-state index contributed by atoms with van der Waals surface area (Å²) in [6.45, 7) is 0. The molecule has 1 aromatic heterocycles. The normalized spacial score (nSPS) is 10.1. The van der Waals surface area contributed by atoms with E-state index in [1.165, 1.54) is 13.2 Å². The zero-order valence-electron chi connectivity index (χ0n) is 8.75. The molecule has 0 bridgehead atoms. The molecule has 0 saturated heterocycles. The van der Waals surface area contributed by atoms with Gasteiger partial charge in [0, 0.05) is 12.4 Å². The van der Waals surface area contributed by atoms with E-state index in [2.05, 4.69) is 4.74 Å². The Kier molecular flexibility index (Phi) is 2.64. The number of phenolic OH excluding ortho intramolecular Hbond substituents is 1. The van der Waals surface area contributed by atoms with Crippen LogP contribution in [0.3, 0.4) is 0 Å². The lowest BCUT2D eigenvalue weighted by atomic mass is 10.1. The van der Waals surface area contributed by atoms with Gasteiger partial charge in [0.25, 0.3) is 0 Å². The van der Waals surface area contributed by atoms with Gasteiger partial charge >= 0.3 is 5.97 Å². The summed E-state index contributed by atoms with van der Waals surface area (Å²) < 4.78 is 6.31. The second-order valence-corrected chi connectivity index (χ2v) is 3.26. The molecule has 2 rings (SSSR count). The number of ether oxygens (including phenoxy) is 1. The van der Waals surface area contributed by atoms with Crippen LogP contribution in [-0.4, -0.2) is 22.8 Å². The van der Waals surface area contributed by atoms with Crippen LogP contribution in [-0.2, 0) is 4.74 Å². The maximum Gasteiger partial charge on any atom is 0.341 e. The molecule has 1 aromatic carbocycles. The van der Waals surface area contributed by atoms with Crippen molar-refractivity contribution in [1.82, 2.24) is 4.57 Å². The number of rotatable bonds is 2. The van der Waals surface area contributed by atoms with Gasteiger partial charge in [-0.2, -0.15) is 0 Å². The zero-order chi connectivity index (χ0) is 11.5. The second-order valence-electron chi connectivity index (χ2n) is 3.26. The summed E-state index contributed by atoms with van der Waals surface area (Å²) in [5, 5.41) is 9.94. The standard InChI is InChI=1S/C12H11NO3/c1-16-12(15)9-5-4-6-10(11(9)14)13-7-2-3-8-13/h2-8,14H,1H3. The third kappa shape index (κ3) is 1.65. The molecule has 82 valence electrons. The highest BCUT2D eigenvalue weighted by molar-refractivity contribution is 5.93. The van der Waals surface area contributed by atoms with E-state index in [4.69, 9.17) is 0 Å². The maximum absolute atomic E-state index is 11.4. The van der Waals surface area contributed by atoms with E-state index >= 15 is 0 Å². The number of benzene rings is 1. The number of carbonyl (C=O) groups excluding carboxylic acids is 1. The van der Waals surface area contributed by atoms with Gasteiger partial charge in [0.1, 0.15) is 5.56 Å². The van der Waals surface area contributed by atoms with Crippen molar-refractivity contribution in [3.63, 3.8) is 0 Å². The molecule has 0 radical (unpaired) electrons. The summed E-state index contributed by atoms with van der Waals surface area (Å²) in [6, 6.07) is 8.62. The number of para-hydroxylation sites is 1. The number of hydrogen-bond donors (Lipinski definition) is 1. The molecule has 0 saturated carbocycles. The minimum atomic E-state index is -0.550. The van der Waals surface area contributed by atoms with Gasteiger partial charge in [0.15, 0.2) is 5.75 Å². The Morgan fingerprint density at radius 3 is 2.56 bits per heavy atom. The molecule has 0 aliphatic carbocycles. The molecule has 0 spiro atoms. The third-order valence-corrected chi connectivity index (χ3v) is 2.30. The molecule has 2 aromatic rings. The number of hydrogen-bond acceptors (Lipinski definition) is 3. The fourth-order valence-electron chi connectivity index (χ4n) is 1.51. The number of aromatic hydroxyl groups is 1. The van der Waals surface area contributed by atoms with Crippen LogP contribution in [0.2, 0.25) is 0 Å². The van der Waals surface area contributed by atoms with E-state index < -0.39 is 5.97 Å². The van der Waals surface area contributed by atoms with Crippen molar-refractivity contribution < 1.29 is 14.6 Å². The topological polar surface area (TPSA) is 51.5 Å². The van der Waals surface area contributed by atoms with Crippen LogP contribution in [0.25, 0.3) is 5.69 Å². The van der Waals surface area contributed by atoms with Gasteiger partial charge in [-0.15, -0.1) is 0 Å². The number of esters is 1. The molecular formula is C12H11NO3. The van der Waals surface area contributed by atoms with Crippen molar-refractivity contribution in [3.8, 4) is 11.4 Å². The summed E-state index contributed by atoms with van der Waals surface area (Å²) in [6.07, 6.45) is 3.58. The van der Waals surface area contributed by atoms with Gasteiger partial charge in [-0.05, 0) is 24.3 Å². The monoisotopic (exact) mass is 217 g/mol. The Bertz CT molecular complexity index is 503. The van der Waals surface area contributed by atoms with Crippen molar-refractivity contribution in [1.29, 1.82) is 0 Å². The predicted molar refractivity (Wildman–Crippen MR) is 58.8 cm³/mol. The smallest absolute Gasteiger partial charge is 0.341 e. The van der Waals surface area contributed by atoms with Crippen LogP contribution in [0.5, 0.6) is 5.75 Å². The Balaban J connectivity index is 2.53. The van der Waals surface area contributed by atoms with Gasteiger partial charge in [0.2, 0.25) is 0 Å². The van der Waals surface area contributed by atoms with E-state index in [1.807, 2.05) is 12.1 Å². The number of methoxy groups -OCH3 is 1. The summed E-state index contributed by atoms with van der Waals surface area (Å²) in [4.78, 5) is 11.4. The third-order valence-electron chi connectivity index (χ3n) is 2.30. The Morgan fingerprint density at radius 1 is 1.25 bits per heavy atom. The molecule has 0 atom stereocenters. The zero-order valence-corrected chi connectivity index (χ0v) is 8.75. The van der Waals surface area contributed by atoms with Crippen molar-refractivity contribution in [2.45, 2.75) is 0 Å². The van der Waals surface area contributed by atoms with E-state index in [0.29, 0.717) is 5.69 Å². The molecule has 4 nitrogen and oxygen atoms in total. The lowest BCUT2D eigenvalue weighted by molar-refractivity contribution is 0.0597. The average molecular weight is 217 g/mol. The summed E-state index contributed by atoms with van der Waals surface area (Å²) in [5.41, 5.74) is 0.710. The van der Waals surface area contributed by atoms with Gasteiger partial charge in [0.05, 0.1) is 12.8 Å². The number of carbonyl (C=O) groups is 1. The van der Waals surface area contributed by atoms with Gasteiger partial charge in [-0.3, -0.25) is 0 Å². The Morgan fingerprint density at radius 2 is 1.94 bits per heavy atom. The van der Waals surface area contributed by atoms with Gasteiger partial charge in [-0.1, -0.05) is 6.07 Å². The van der Waals surface area contributed by atoms with Crippen LogP contribution in [0, 0.1) is 0 Å². The fraction of sp³-hybridized carbons (Fsp3) is 0.0833. The highest BCUT2D eigenvalue weighted by Crippen LogP contribution is 2.26. The minimum Gasteiger partial charge on any atom is -0.505 e. The lowest BCUT2D eigenvalue weighted by Crippen LogP contribution is -2.03. The van der Waals surface area contributed by atoms with Crippen molar-refractivity contribution >= 4 is 5.97 Å². The summed E-state index contributed by atoms with van der Waals surface area (Å²) in [5.74, 6) is -0.628. The van der Waals surface area contributed by atoms with Crippen LogP contribution >= 0.6 is 0 Å². The van der Waals surface area contributed by atoms with E-state index in [9.17, 15) is 9.90 Å². The van der Waals surface area contributed by atoms with Gasteiger partial charge < -0.3 is 14.4 Å². The molecule has 0 aliphatic rings. The van der Waals surface area contributed by atoms with Crippen LogP contribution < -0.4 is 0 Å². The van der Waals surface area contributed by atoms with Crippen molar-refractivity contribution in [2.24, 2.45) is 0 Å². The first kappa shape index (κ1) is 10.3. The molecule has 0 unspecified atom stereocenters. The highest BCUT2D eigenvalue weighted by Gasteiger charge is 2.14. The largest absolute Gasteiger partial charge is 0.505 e. The summed E-state index contributed by atoms with van der Waals surface area (Å²) in [7, 11) is 1.28.